The van der Waals surface area contributed by atoms with Crippen molar-refractivity contribution in [3.8, 4) is 5.69 Å². The van der Waals surface area contributed by atoms with Gasteiger partial charge in [-0.25, -0.2) is 18.2 Å². The predicted molar refractivity (Wildman–Crippen MR) is 62.1 cm³/mol. The molecule has 0 spiro atoms. The average molecular weight is 254 g/mol. The molecule has 0 saturated carbocycles. The number of benzene rings is 1. The van der Waals surface area contributed by atoms with Crippen LogP contribution in [0.4, 0.5) is 13.2 Å². The van der Waals surface area contributed by atoms with Crippen molar-refractivity contribution in [2.45, 2.75) is 26.2 Å². The van der Waals surface area contributed by atoms with E-state index in [4.69, 9.17) is 0 Å². The molecular formula is C13H13F3N2. The van der Waals surface area contributed by atoms with Gasteiger partial charge in [0, 0.05) is 23.7 Å². The van der Waals surface area contributed by atoms with Gasteiger partial charge in [-0.2, -0.15) is 0 Å². The Morgan fingerprint density at radius 3 is 2.06 bits per heavy atom. The molecule has 0 unspecified atom stereocenters. The van der Waals surface area contributed by atoms with Crippen LogP contribution in [0.5, 0.6) is 0 Å². The highest BCUT2D eigenvalue weighted by molar-refractivity contribution is 5.36. The Morgan fingerprint density at radius 1 is 1.06 bits per heavy atom. The van der Waals surface area contributed by atoms with E-state index in [-0.39, 0.29) is 11.1 Å². The first kappa shape index (κ1) is 12.7. The summed E-state index contributed by atoms with van der Waals surface area (Å²) in [6.07, 6.45) is 2.86. The first-order valence-corrected chi connectivity index (χ1v) is 5.48. The van der Waals surface area contributed by atoms with Gasteiger partial charge in [0.15, 0.2) is 11.6 Å². The molecule has 0 atom stereocenters. The van der Waals surface area contributed by atoms with Crippen molar-refractivity contribution in [1.82, 2.24) is 9.55 Å². The number of imidazole rings is 1. The van der Waals surface area contributed by atoms with Crippen LogP contribution in [0.2, 0.25) is 0 Å². The maximum Gasteiger partial charge on any atom is 0.153 e. The van der Waals surface area contributed by atoms with Gasteiger partial charge in [0.1, 0.15) is 11.5 Å². The second kappa shape index (κ2) is 4.15. The molecule has 5 heteroatoms. The van der Waals surface area contributed by atoms with Crippen LogP contribution in [0.3, 0.4) is 0 Å². The Labute approximate surface area is 103 Å². The van der Waals surface area contributed by atoms with Crippen LogP contribution in [0.1, 0.15) is 26.5 Å². The number of halogens is 3. The first-order valence-electron chi connectivity index (χ1n) is 5.48. The van der Waals surface area contributed by atoms with Gasteiger partial charge in [-0.3, -0.25) is 0 Å². The van der Waals surface area contributed by atoms with Gasteiger partial charge in [0.2, 0.25) is 0 Å². The normalized spacial score (nSPS) is 11.9. The lowest BCUT2D eigenvalue weighted by Crippen LogP contribution is -2.11. The van der Waals surface area contributed by atoms with Crippen molar-refractivity contribution in [2.75, 3.05) is 0 Å². The summed E-state index contributed by atoms with van der Waals surface area (Å²) < 4.78 is 41.2. The van der Waals surface area contributed by atoms with Crippen molar-refractivity contribution in [3.05, 3.63) is 47.8 Å². The van der Waals surface area contributed by atoms with Gasteiger partial charge in [-0.15, -0.1) is 0 Å². The van der Waals surface area contributed by atoms with E-state index in [0.29, 0.717) is 17.8 Å². The summed E-state index contributed by atoms with van der Waals surface area (Å²) in [6, 6.07) is 1.30. The van der Waals surface area contributed by atoms with Crippen LogP contribution in [0.15, 0.2) is 24.7 Å². The topological polar surface area (TPSA) is 17.8 Å². The molecule has 0 aliphatic rings. The number of rotatable bonds is 1. The molecule has 0 aliphatic carbocycles. The summed E-state index contributed by atoms with van der Waals surface area (Å²) in [6.45, 7) is 5.82. The monoisotopic (exact) mass is 254 g/mol. The Kier molecular flexibility index (Phi) is 2.92. The second-order valence-corrected chi connectivity index (χ2v) is 5.13. The average Bonchev–Trinajstić information content (AvgIpc) is 2.64. The van der Waals surface area contributed by atoms with E-state index in [1.165, 1.54) is 10.9 Å². The summed E-state index contributed by atoms with van der Waals surface area (Å²) in [5, 5.41) is 0. The molecule has 0 saturated heterocycles. The van der Waals surface area contributed by atoms with Crippen LogP contribution in [0, 0.1) is 17.5 Å². The van der Waals surface area contributed by atoms with Crippen LogP contribution in [-0.2, 0) is 5.41 Å². The summed E-state index contributed by atoms with van der Waals surface area (Å²) in [5.74, 6) is -2.85. The summed E-state index contributed by atoms with van der Waals surface area (Å²) in [4.78, 5) is 4.10. The van der Waals surface area contributed by atoms with E-state index in [2.05, 4.69) is 4.98 Å². The lowest BCUT2D eigenvalue weighted by Gasteiger charge is -2.14. The fourth-order valence-corrected chi connectivity index (χ4v) is 1.61. The fraction of sp³-hybridized carbons (Fsp3) is 0.308. The number of nitrogens with zero attached hydrogens (tertiary/aromatic N) is 2. The van der Waals surface area contributed by atoms with Gasteiger partial charge in [-0.05, 0) is 0 Å². The van der Waals surface area contributed by atoms with Crippen molar-refractivity contribution in [3.63, 3.8) is 0 Å². The Morgan fingerprint density at radius 2 is 1.61 bits per heavy atom. The third-order valence-corrected chi connectivity index (χ3v) is 2.59. The quantitative estimate of drug-likeness (QED) is 0.760. The van der Waals surface area contributed by atoms with Gasteiger partial charge in [0.25, 0.3) is 0 Å². The largest absolute Gasteiger partial charge is 0.301 e. The zero-order valence-corrected chi connectivity index (χ0v) is 10.3. The number of hydrogen-bond donors (Lipinski definition) is 0. The third kappa shape index (κ3) is 2.25. The molecule has 2 nitrogen and oxygen atoms in total. The zero-order chi connectivity index (χ0) is 13.5. The van der Waals surface area contributed by atoms with E-state index < -0.39 is 17.5 Å². The van der Waals surface area contributed by atoms with Crippen molar-refractivity contribution in [1.29, 1.82) is 0 Å². The van der Waals surface area contributed by atoms with Crippen LogP contribution in [0.25, 0.3) is 5.69 Å². The molecule has 0 radical (unpaired) electrons. The molecule has 2 rings (SSSR count). The summed E-state index contributed by atoms with van der Waals surface area (Å²) in [5.41, 5.74) is 0.156. The highest BCUT2D eigenvalue weighted by Crippen LogP contribution is 2.24. The van der Waals surface area contributed by atoms with Gasteiger partial charge in [0.05, 0.1) is 12.0 Å². The predicted octanol–water partition coefficient (Wildman–Crippen LogP) is 3.59. The minimum absolute atomic E-state index is 0.224. The molecular weight excluding hydrogens is 241 g/mol. The Bertz CT molecular complexity index is 559. The molecule has 0 bridgehead atoms. The lowest BCUT2D eigenvalue weighted by atomic mass is 9.93. The van der Waals surface area contributed by atoms with E-state index in [1.807, 2.05) is 20.8 Å². The maximum absolute atomic E-state index is 13.6. The number of hydrogen-bond acceptors (Lipinski definition) is 1. The van der Waals surface area contributed by atoms with Gasteiger partial charge < -0.3 is 4.57 Å². The second-order valence-electron chi connectivity index (χ2n) is 5.13. The third-order valence-electron chi connectivity index (χ3n) is 2.59. The highest BCUT2D eigenvalue weighted by Gasteiger charge is 2.19. The zero-order valence-electron chi connectivity index (χ0n) is 10.3. The molecule has 0 aliphatic heterocycles. The molecule has 18 heavy (non-hydrogen) atoms. The van der Waals surface area contributed by atoms with Crippen molar-refractivity contribution >= 4 is 0 Å². The molecule has 1 heterocycles. The van der Waals surface area contributed by atoms with E-state index in [1.54, 1.807) is 6.20 Å². The summed E-state index contributed by atoms with van der Waals surface area (Å²) in [7, 11) is 0. The molecule has 1 aromatic carbocycles. The van der Waals surface area contributed by atoms with Crippen LogP contribution >= 0.6 is 0 Å². The van der Waals surface area contributed by atoms with Gasteiger partial charge in [-0.1, -0.05) is 20.8 Å². The Balaban J connectivity index is 2.53. The molecule has 0 fully saturated rings. The molecule has 96 valence electrons. The van der Waals surface area contributed by atoms with Crippen molar-refractivity contribution < 1.29 is 13.2 Å². The Hall–Kier alpha value is -1.78. The van der Waals surface area contributed by atoms with E-state index >= 15 is 0 Å². The van der Waals surface area contributed by atoms with E-state index in [0.717, 1.165) is 0 Å². The summed E-state index contributed by atoms with van der Waals surface area (Å²) >= 11 is 0. The van der Waals surface area contributed by atoms with Crippen LogP contribution in [-0.4, -0.2) is 9.55 Å². The smallest absolute Gasteiger partial charge is 0.153 e. The fourth-order valence-electron chi connectivity index (χ4n) is 1.61. The standard InChI is InChI=1S/C13H13F3N2/c1-13(2,3)11-6-18(7-17-11)12-9(15)4-8(14)5-10(12)16/h4-7H,1-3H3. The highest BCUT2D eigenvalue weighted by atomic mass is 19.1. The maximum atomic E-state index is 13.6. The minimum atomic E-state index is -0.953. The minimum Gasteiger partial charge on any atom is -0.301 e. The SMILES string of the molecule is CC(C)(C)c1cn(-c2c(F)cc(F)cc2F)cn1. The van der Waals surface area contributed by atoms with E-state index in [9.17, 15) is 13.2 Å². The van der Waals surface area contributed by atoms with Gasteiger partial charge >= 0.3 is 0 Å². The molecule has 2 aromatic rings. The number of aromatic nitrogens is 2. The molecule has 0 amide bonds. The molecule has 0 N–H and O–H groups in total. The van der Waals surface area contributed by atoms with Crippen molar-refractivity contribution in [2.24, 2.45) is 0 Å². The first-order chi connectivity index (χ1) is 8.29. The molecule has 1 aromatic heterocycles. The van der Waals surface area contributed by atoms with Crippen LogP contribution < -0.4 is 0 Å². The lowest BCUT2D eigenvalue weighted by molar-refractivity contribution is 0.533.